The van der Waals surface area contributed by atoms with Crippen LogP contribution in [0.2, 0.25) is 0 Å². The Hall–Kier alpha value is -4.15. The minimum atomic E-state index is -0.927. The molecule has 1 aromatic heterocycles. The molecule has 1 atom stereocenters. The van der Waals surface area contributed by atoms with Crippen molar-refractivity contribution in [3.8, 4) is 5.75 Å². The predicted molar refractivity (Wildman–Crippen MR) is 153 cm³/mol. The highest BCUT2D eigenvalue weighted by Crippen LogP contribution is 2.35. The molecule has 2 heterocycles. The van der Waals surface area contributed by atoms with Gasteiger partial charge < -0.3 is 9.47 Å². The number of nitrogens with zero attached hydrogens (tertiary/aromatic N) is 2. The number of halogens is 2. The predicted octanol–water partition coefficient (Wildman–Crippen LogP) is 4.76. The normalized spacial score (nSPS) is 14.9. The molecule has 0 unspecified atom stereocenters. The maximum absolute atomic E-state index is 14.0. The maximum atomic E-state index is 14.0. The second kappa shape index (κ2) is 11.5. The molecule has 0 radical (unpaired) electrons. The molecule has 0 fully saturated rings. The molecule has 5 rings (SSSR count). The molecule has 0 spiro atoms. The number of carbonyl (C=O) groups is 2. The second-order valence-corrected chi connectivity index (χ2v) is 10.7. The number of benzene rings is 3. The van der Waals surface area contributed by atoms with E-state index < -0.39 is 29.4 Å². The van der Waals surface area contributed by atoms with E-state index in [1.54, 1.807) is 31.2 Å². The van der Waals surface area contributed by atoms with Gasteiger partial charge in [0.2, 0.25) is 0 Å². The number of fused-ring (bicyclic) bond motifs is 1. The Morgan fingerprint density at radius 3 is 2.50 bits per heavy atom. The number of ether oxygens (including phenoxy) is 2. The molecule has 0 saturated carbocycles. The summed E-state index contributed by atoms with van der Waals surface area (Å²) in [6, 6.07) is 18.9. The van der Waals surface area contributed by atoms with Gasteiger partial charge in [-0.1, -0.05) is 69.7 Å². The molecular weight excluding hydrogens is 599 g/mol. The molecule has 0 amide bonds. The highest BCUT2D eigenvalue weighted by Gasteiger charge is 2.35. The van der Waals surface area contributed by atoms with E-state index in [-0.39, 0.29) is 17.9 Å². The van der Waals surface area contributed by atoms with Crippen molar-refractivity contribution in [2.75, 3.05) is 6.61 Å². The number of thiazole rings is 1. The van der Waals surface area contributed by atoms with Crippen LogP contribution in [0.1, 0.15) is 36.6 Å². The van der Waals surface area contributed by atoms with Crippen molar-refractivity contribution in [1.82, 2.24) is 4.57 Å². The first kappa shape index (κ1) is 27.4. The lowest BCUT2D eigenvalue weighted by molar-refractivity contribution is -0.139. The van der Waals surface area contributed by atoms with Crippen LogP contribution in [0, 0.1) is 5.82 Å². The van der Waals surface area contributed by atoms with Crippen molar-refractivity contribution < 1.29 is 23.5 Å². The summed E-state index contributed by atoms with van der Waals surface area (Å²) >= 11 is 4.55. The smallest absolute Gasteiger partial charge is 0.338 e. The van der Waals surface area contributed by atoms with Crippen LogP contribution < -0.4 is 19.6 Å². The lowest BCUT2D eigenvalue weighted by Crippen LogP contribution is -2.40. The van der Waals surface area contributed by atoms with Gasteiger partial charge in [-0.3, -0.25) is 14.2 Å². The Labute approximate surface area is 240 Å². The third-order valence-corrected chi connectivity index (χ3v) is 7.55. The van der Waals surface area contributed by atoms with E-state index in [2.05, 4.69) is 15.9 Å². The van der Waals surface area contributed by atoms with Gasteiger partial charge in [-0.05, 0) is 48.9 Å². The van der Waals surface area contributed by atoms with Gasteiger partial charge in [0.25, 0.3) is 5.56 Å². The molecule has 202 valence electrons. The van der Waals surface area contributed by atoms with E-state index >= 15 is 0 Å². The van der Waals surface area contributed by atoms with Crippen molar-refractivity contribution in [3.63, 3.8) is 0 Å². The summed E-state index contributed by atoms with van der Waals surface area (Å²) in [4.78, 5) is 44.2. The van der Waals surface area contributed by atoms with Crippen LogP contribution in [0.15, 0.2) is 92.6 Å². The molecule has 3 aromatic carbocycles. The quantitative estimate of drug-likeness (QED) is 0.229. The SMILES string of the molecule is CCOC(=O)C1=C(c2ccccc2)N=c2s/c(=C\c3cc(Br)ccc3OC(C)=O)c(=O)n2[C@@H]1c1ccc(F)cc1. The largest absolute Gasteiger partial charge is 0.463 e. The van der Waals surface area contributed by atoms with Crippen LogP contribution in [0.5, 0.6) is 5.75 Å². The van der Waals surface area contributed by atoms with E-state index in [4.69, 9.17) is 14.5 Å². The molecule has 10 heteroatoms. The standard InChI is InChI=1S/C30H22BrFN2O5S/c1-3-38-29(37)25-26(18-7-5-4-6-8-18)33-30-34(27(25)19-9-12-22(32)13-10-19)28(36)24(40-30)16-20-15-21(31)11-14-23(20)39-17(2)35/h4-16,27H,3H2,1-2H3/b24-16-/t27-/m1/s1. The van der Waals surface area contributed by atoms with E-state index in [0.717, 1.165) is 15.8 Å². The first-order valence-corrected chi connectivity index (χ1v) is 13.9. The molecule has 0 saturated heterocycles. The van der Waals surface area contributed by atoms with Crippen LogP contribution in [-0.2, 0) is 14.3 Å². The highest BCUT2D eigenvalue weighted by atomic mass is 79.9. The molecule has 0 bridgehead atoms. The fraction of sp³-hybridized carbons (Fsp3) is 0.133. The Kier molecular flexibility index (Phi) is 7.90. The Bertz CT molecular complexity index is 1830. The van der Waals surface area contributed by atoms with Crippen LogP contribution in [0.3, 0.4) is 0 Å². The van der Waals surface area contributed by atoms with Crippen molar-refractivity contribution in [3.05, 3.63) is 125 Å². The van der Waals surface area contributed by atoms with Gasteiger partial charge in [-0.25, -0.2) is 14.2 Å². The summed E-state index contributed by atoms with van der Waals surface area (Å²) in [5.74, 6) is -1.29. The number of aromatic nitrogens is 1. The van der Waals surface area contributed by atoms with Crippen molar-refractivity contribution in [2.24, 2.45) is 4.99 Å². The van der Waals surface area contributed by atoms with Crippen LogP contribution in [0.4, 0.5) is 4.39 Å². The fourth-order valence-electron chi connectivity index (χ4n) is 4.42. The van der Waals surface area contributed by atoms with Gasteiger partial charge >= 0.3 is 11.9 Å². The van der Waals surface area contributed by atoms with Gasteiger partial charge in [0.15, 0.2) is 4.80 Å². The molecule has 1 aliphatic heterocycles. The van der Waals surface area contributed by atoms with E-state index in [1.807, 2.05) is 30.3 Å². The number of hydrogen-bond acceptors (Lipinski definition) is 7. The second-order valence-electron chi connectivity index (χ2n) is 8.76. The summed E-state index contributed by atoms with van der Waals surface area (Å²) in [5, 5.41) is 0. The third-order valence-electron chi connectivity index (χ3n) is 6.07. The zero-order valence-corrected chi connectivity index (χ0v) is 23.8. The van der Waals surface area contributed by atoms with Gasteiger partial charge in [-0.2, -0.15) is 0 Å². The minimum absolute atomic E-state index is 0.118. The summed E-state index contributed by atoms with van der Waals surface area (Å²) in [6.07, 6.45) is 1.62. The molecule has 1 aliphatic rings. The topological polar surface area (TPSA) is 87.0 Å². The number of rotatable bonds is 6. The Balaban J connectivity index is 1.82. The molecular formula is C30H22BrFN2O5S. The number of esters is 2. The van der Waals surface area contributed by atoms with E-state index in [9.17, 15) is 18.8 Å². The van der Waals surface area contributed by atoms with Gasteiger partial charge in [0.05, 0.1) is 28.5 Å². The number of carbonyl (C=O) groups excluding carboxylic acids is 2. The third kappa shape index (κ3) is 5.45. The van der Waals surface area contributed by atoms with Crippen molar-refractivity contribution in [1.29, 1.82) is 0 Å². The van der Waals surface area contributed by atoms with Gasteiger partial charge in [-0.15, -0.1) is 0 Å². The Morgan fingerprint density at radius 1 is 1.10 bits per heavy atom. The molecule has 4 aromatic rings. The lowest BCUT2D eigenvalue weighted by Gasteiger charge is -2.25. The zero-order chi connectivity index (χ0) is 28.4. The number of hydrogen-bond donors (Lipinski definition) is 0. The summed E-state index contributed by atoms with van der Waals surface area (Å²) in [6.45, 7) is 3.11. The highest BCUT2D eigenvalue weighted by molar-refractivity contribution is 9.10. The molecule has 40 heavy (non-hydrogen) atoms. The summed E-state index contributed by atoms with van der Waals surface area (Å²) in [7, 11) is 0. The van der Waals surface area contributed by atoms with Crippen LogP contribution in [0.25, 0.3) is 11.8 Å². The minimum Gasteiger partial charge on any atom is -0.463 e. The van der Waals surface area contributed by atoms with E-state index in [1.165, 1.54) is 35.8 Å². The maximum Gasteiger partial charge on any atom is 0.338 e. The first-order valence-electron chi connectivity index (χ1n) is 12.3. The zero-order valence-electron chi connectivity index (χ0n) is 21.4. The van der Waals surface area contributed by atoms with Crippen molar-refractivity contribution in [2.45, 2.75) is 19.9 Å². The van der Waals surface area contributed by atoms with Gasteiger partial charge in [0, 0.05) is 22.5 Å². The lowest BCUT2D eigenvalue weighted by atomic mass is 9.93. The van der Waals surface area contributed by atoms with E-state index in [0.29, 0.717) is 31.7 Å². The average Bonchev–Trinajstić information content (AvgIpc) is 3.24. The summed E-state index contributed by atoms with van der Waals surface area (Å²) < 4.78 is 27.1. The molecule has 0 N–H and O–H groups in total. The molecule has 7 nitrogen and oxygen atoms in total. The first-order chi connectivity index (χ1) is 19.3. The van der Waals surface area contributed by atoms with Gasteiger partial charge in [0.1, 0.15) is 11.6 Å². The van der Waals surface area contributed by atoms with Crippen molar-refractivity contribution >= 4 is 51.0 Å². The fourth-order valence-corrected chi connectivity index (χ4v) is 5.79. The monoisotopic (exact) mass is 620 g/mol. The average molecular weight is 621 g/mol. The van der Waals surface area contributed by atoms with Crippen LogP contribution >= 0.6 is 27.3 Å². The Morgan fingerprint density at radius 2 is 1.82 bits per heavy atom. The summed E-state index contributed by atoms with van der Waals surface area (Å²) in [5.41, 5.74) is 1.80. The van der Waals surface area contributed by atoms with Crippen LogP contribution in [-0.4, -0.2) is 23.1 Å². The molecule has 0 aliphatic carbocycles.